The fourth-order valence-corrected chi connectivity index (χ4v) is 4.75. The molecule has 160 valence electrons. The van der Waals surface area contributed by atoms with Crippen LogP contribution in [0.2, 0.25) is 0 Å². The van der Waals surface area contributed by atoms with Gasteiger partial charge in [0.1, 0.15) is 17.2 Å². The zero-order chi connectivity index (χ0) is 21.3. The maximum atomic E-state index is 12.4. The lowest BCUT2D eigenvalue weighted by Gasteiger charge is -2.35. The smallest absolute Gasteiger partial charge is 0.176 e. The number of hydrogen-bond donors (Lipinski definition) is 1. The molecule has 0 unspecified atom stereocenters. The van der Waals surface area contributed by atoms with Gasteiger partial charge in [-0.25, -0.2) is 13.4 Å². The minimum Gasteiger partial charge on any atom is -0.394 e. The van der Waals surface area contributed by atoms with Crippen LogP contribution in [0.1, 0.15) is 5.56 Å². The van der Waals surface area contributed by atoms with Crippen LogP contribution in [0, 0.1) is 6.92 Å². The Labute approximate surface area is 176 Å². The average Bonchev–Trinajstić information content (AvgIpc) is 3.13. The summed E-state index contributed by atoms with van der Waals surface area (Å²) in [5.41, 5.74) is 3.10. The number of aliphatic hydroxyl groups excluding tert-OH is 1. The molecule has 1 fully saturated rings. The monoisotopic (exact) mass is 430 g/mol. The highest BCUT2D eigenvalue weighted by Crippen LogP contribution is 2.36. The van der Waals surface area contributed by atoms with Gasteiger partial charge in [-0.15, -0.1) is 0 Å². The van der Waals surface area contributed by atoms with Gasteiger partial charge in [-0.3, -0.25) is 9.24 Å². The van der Waals surface area contributed by atoms with Crippen molar-refractivity contribution in [3.05, 3.63) is 48.2 Å². The Balaban J connectivity index is 1.82. The second-order valence-corrected chi connectivity index (χ2v) is 9.39. The predicted octanol–water partition coefficient (Wildman–Crippen LogP) is 1.76. The Morgan fingerprint density at radius 1 is 1.10 bits per heavy atom. The van der Waals surface area contributed by atoms with Gasteiger partial charge >= 0.3 is 0 Å². The third-order valence-electron chi connectivity index (χ3n) is 5.26. The third kappa shape index (κ3) is 3.93. The molecule has 0 bridgehead atoms. The molecule has 1 aliphatic heterocycles. The molecule has 9 heteroatoms. The maximum Gasteiger partial charge on any atom is 0.176 e. The molecule has 0 saturated carbocycles. The summed E-state index contributed by atoms with van der Waals surface area (Å²) in [6.07, 6.45) is 3.19. The summed E-state index contributed by atoms with van der Waals surface area (Å²) in [6.45, 7) is 5.00. The summed E-state index contributed by atoms with van der Waals surface area (Å²) in [5, 5.41) is 10.8. The standard InChI is InChI=1S/C21H26N4O4S/c1-16-6-5-9-25-20(16)22-19(17-7-3-4-8-18(17)30(2,27)28)21(25)23-10-12-24(13-11-23)29-15-14-26/h3-9,26H,10-15H2,1-2H3. The molecule has 0 radical (unpaired) electrons. The van der Waals surface area contributed by atoms with Gasteiger partial charge in [0, 0.05) is 44.2 Å². The van der Waals surface area contributed by atoms with E-state index in [0.717, 1.165) is 17.0 Å². The van der Waals surface area contributed by atoms with Crippen molar-refractivity contribution in [2.75, 3.05) is 50.5 Å². The van der Waals surface area contributed by atoms with Gasteiger partial charge in [0.25, 0.3) is 0 Å². The number of pyridine rings is 1. The first-order valence-electron chi connectivity index (χ1n) is 9.91. The highest BCUT2D eigenvalue weighted by Gasteiger charge is 2.27. The SMILES string of the molecule is Cc1cccn2c(N3CCN(OCCO)CC3)c(-c3ccccc3S(C)(=O)=O)nc12. The van der Waals surface area contributed by atoms with Crippen LogP contribution < -0.4 is 4.90 Å². The van der Waals surface area contributed by atoms with E-state index in [1.54, 1.807) is 12.1 Å². The van der Waals surface area contributed by atoms with Crippen LogP contribution >= 0.6 is 0 Å². The Hall–Kier alpha value is -2.46. The number of benzene rings is 1. The molecule has 1 saturated heterocycles. The van der Waals surface area contributed by atoms with Crippen LogP contribution in [0.5, 0.6) is 0 Å². The van der Waals surface area contributed by atoms with Gasteiger partial charge in [0.15, 0.2) is 9.84 Å². The highest BCUT2D eigenvalue weighted by molar-refractivity contribution is 7.90. The van der Waals surface area contributed by atoms with Crippen LogP contribution in [-0.4, -0.2) is 73.6 Å². The molecule has 1 N–H and O–H groups in total. The van der Waals surface area contributed by atoms with Crippen LogP contribution in [-0.2, 0) is 14.7 Å². The number of rotatable bonds is 6. The van der Waals surface area contributed by atoms with Crippen molar-refractivity contribution in [2.45, 2.75) is 11.8 Å². The van der Waals surface area contributed by atoms with E-state index < -0.39 is 9.84 Å². The number of anilines is 1. The molecule has 4 rings (SSSR count). The molecule has 1 aliphatic rings. The van der Waals surface area contributed by atoms with Crippen LogP contribution in [0.4, 0.5) is 5.82 Å². The highest BCUT2D eigenvalue weighted by atomic mass is 32.2. The topological polar surface area (TPSA) is 87.4 Å². The van der Waals surface area contributed by atoms with Gasteiger partial charge in [0.05, 0.1) is 18.1 Å². The first-order valence-corrected chi connectivity index (χ1v) is 11.8. The number of hydroxylamine groups is 2. The van der Waals surface area contributed by atoms with E-state index in [1.807, 2.05) is 46.8 Å². The average molecular weight is 431 g/mol. The van der Waals surface area contributed by atoms with E-state index in [2.05, 4.69) is 4.90 Å². The summed E-state index contributed by atoms with van der Waals surface area (Å²) >= 11 is 0. The lowest BCUT2D eigenvalue weighted by Crippen LogP contribution is -2.47. The number of nitrogens with zero attached hydrogens (tertiary/aromatic N) is 4. The van der Waals surface area contributed by atoms with E-state index >= 15 is 0 Å². The van der Waals surface area contributed by atoms with E-state index in [0.29, 0.717) is 37.4 Å². The number of hydrogen-bond acceptors (Lipinski definition) is 7. The summed E-state index contributed by atoms with van der Waals surface area (Å²) in [4.78, 5) is 12.9. The van der Waals surface area contributed by atoms with Crippen molar-refractivity contribution in [1.82, 2.24) is 14.4 Å². The second-order valence-electron chi connectivity index (χ2n) is 7.41. The number of piperazine rings is 1. The number of aromatic nitrogens is 2. The Morgan fingerprint density at radius 2 is 1.83 bits per heavy atom. The fourth-order valence-electron chi connectivity index (χ4n) is 3.86. The molecule has 0 amide bonds. The summed E-state index contributed by atoms with van der Waals surface area (Å²) < 4.78 is 26.9. The number of fused-ring (bicyclic) bond motifs is 1. The maximum absolute atomic E-state index is 12.4. The van der Waals surface area contributed by atoms with Crippen molar-refractivity contribution in [2.24, 2.45) is 0 Å². The van der Waals surface area contributed by atoms with Crippen molar-refractivity contribution < 1.29 is 18.4 Å². The zero-order valence-electron chi connectivity index (χ0n) is 17.2. The molecule has 0 aliphatic carbocycles. The van der Waals surface area contributed by atoms with Gasteiger partial charge in [-0.05, 0) is 24.6 Å². The minimum atomic E-state index is -3.42. The second kappa shape index (κ2) is 8.35. The summed E-state index contributed by atoms with van der Waals surface area (Å²) in [6, 6.07) is 11.0. The van der Waals surface area contributed by atoms with Crippen LogP contribution in [0.15, 0.2) is 47.5 Å². The molecule has 0 spiro atoms. The molecule has 2 aromatic heterocycles. The van der Waals surface area contributed by atoms with Crippen molar-refractivity contribution in [3.8, 4) is 11.3 Å². The van der Waals surface area contributed by atoms with Gasteiger partial charge in [0.2, 0.25) is 0 Å². The number of imidazole rings is 1. The molecule has 3 heterocycles. The first kappa shape index (κ1) is 20.8. The Bertz CT molecular complexity index is 1150. The predicted molar refractivity (Wildman–Crippen MR) is 115 cm³/mol. The molecule has 1 aromatic carbocycles. The zero-order valence-corrected chi connectivity index (χ0v) is 18.0. The first-order chi connectivity index (χ1) is 14.4. The fraction of sp³-hybridized carbons (Fsp3) is 0.381. The number of aliphatic hydroxyl groups is 1. The Morgan fingerprint density at radius 3 is 2.53 bits per heavy atom. The third-order valence-corrected chi connectivity index (χ3v) is 6.42. The summed E-state index contributed by atoms with van der Waals surface area (Å²) in [5.74, 6) is 0.881. The van der Waals surface area contributed by atoms with E-state index in [4.69, 9.17) is 14.9 Å². The quantitative estimate of drug-likeness (QED) is 0.638. The molecular formula is C21H26N4O4S. The van der Waals surface area contributed by atoms with Gasteiger partial charge < -0.3 is 10.0 Å². The minimum absolute atomic E-state index is 0.0147. The van der Waals surface area contributed by atoms with E-state index in [9.17, 15) is 8.42 Å². The van der Waals surface area contributed by atoms with Crippen LogP contribution in [0.3, 0.4) is 0 Å². The number of aryl methyl sites for hydroxylation is 1. The molecular weight excluding hydrogens is 404 g/mol. The molecule has 0 atom stereocenters. The van der Waals surface area contributed by atoms with Gasteiger partial charge in [-0.1, -0.05) is 24.3 Å². The molecule has 8 nitrogen and oxygen atoms in total. The van der Waals surface area contributed by atoms with E-state index in [-0.39, 0.29) is 18.1 Å². The number of sulfone groups is 1. The normalized spacial score (nSPS) is 15.8. The lowest BCUT2D eigenvalue weighted by atomic mass is 10.1. The largest absolute Gasteiger partial charge is 0.394 e. The van der Waals surface area contributed by atoms with Gasteiger partial charge in [-0.2, -0.15) is 5.06 Å². The van der Waals surface area contributed by atoms with Crippen LogP contribution in [0.25, 0.3) is 16.9 Å². The van der Waals surface area contributed by atoms with E-state index in [1.165, 1.54) is 6.26 Å². The van der Waals surface area contributed by atoms with Crippen molar-refractivity contribution in [3.63, 3.8) is 0 Å². The van der Waals surface area contributed by atoms with Crippen molar-refractivity contribution in [1.29, 1.82) is 0 Å². The van der Waals surface area contributed by atoms with Crippen molar-refractivity contribution >= 4 is 21.3 Å². The Kier molecular flexibility index (Phi) is 5.79. The lowest BCUT2D eigenvalue weighted by molar-refractivity contribution is -0.167. The molecule has 3 aromatic rings. The molecule has 30 heavy (non-hydrogen) atoms. The summed E-state index contributed by atoms with van der Waals surface area (Å²) in [7, 11) is -3.42.